The van der Waals surface area contributed by atoms with Crippen molar-refractivity contribution >= 4 is 28.2 Å². The average molecular weight is 149 g/mol. The van der Waals surface area contributed by atoms with E-state index in [2.05, 4.69) is 5.32 Å². The highest BCUT2D eigenvalue weighted by Gasteiger charge is 1.85. The molecule has 0 aliphatic carbocycles. The molecule has 0 saturated heterocycles. The second-order valence-electron chi connectivity index (χ2n) is 1.44. The van der Waals surface area contributed by atoms with E-state index in [1.807, 2.05) is 14.0 Å². The van der Waals surface area contributed by atoms with Gasteiger partial charge in [0.15, 0.2) is 0 Å². The second kappa shape index (κ2) is 5.54. The zero-order chi connectivity index (χ0) is 6.41. The predicted octanol–water partition coefficient (Wildman–Crippen LogP) is 1.29. The smallest absolute Gasteiger partial charge is 0.0447 e. The van der Waals surface area contributed by atoms with Gasteiger partial charge < -0.3 is 5.32 Å². The van der Waals surface area contributed by atoms with E-state index in [9.17, 15) is 0 Å². The van der Waals surface area contributed by atoms with Gasteiger partial charge in [0.2, 0.25) is 0 Å². The van der Waals surface area contributed by atoms with Crippen molar-refractivity contribution < 1.29 is 0 Å². The minimum Gasteiger partial charge on any atom is -0.319 e. The maximum absolute atomic E-state index is 4.84. The van der Waals surface area contributed by atoms with Gasteiger partial charge in [-0.3, -0.25) is 0 Å². The molecule has 0 aromatic carbocycles. The van der Waals surface area contributed by atoms with Crippen LogP contribution >= 0.6 is 24.0 Å². The van der Waals surface area contributed by atoms with Crippen molar-refractivity contribution in [2.45, 2.75) is 6.92 Å². The van der Waals surface area contributed by atoms with E-state index >= 15 is 0 Å². The molecule has 0 aromatic heterocycles. The molecule has 0 fully saturated rings. The van der Waals surface area contributed by atoms with E-state index in [1.54, 1.807) is 11.8 Å². The molecule has 0 amide bonds. The molecule has 1 N–H and O–H groups in total. The van der Waals surface area contributed by atoms with E-state index in [0.29, 0.717) is 0 Å². The quantitative estimate of drug-likeness (QED) is 0.479. The fraction of sp³-hybridized carbons (Fsp3) is 0.800. The summed E-state index contributed by atoms with van der Waals surface area (Å²) in [6.45, 7) is 2.99. The van der Waals surface area contributed by atoms with Crippen LogP contribution in [0.15, 0.2) is 0 Å². The molecule has 0 spiro atoms. The molecular weight excluding hydrogens is 138 g/mol. The third kappa shape index (κ3) is 6.40. The van der Waals surface area contributed by atoms with Crippen molar-refractivity contribution in [3.05, 3.63) is 0 Å². The van der Waals surface area contributed by atoms with Crippen LogP contribution in [0.25, 0.3) is 0 Å². The predicted molar refractivity (Wildman–Crippen MR) is 44.7 cm³/mol. The van der Waals surface area contributed by atoms with Crippen molar-refractivity contribution in [3.63, 3.8) is 0 Å². The molecule has 0 aliphatic heterocycles. The molecule has 8 heavy (non-hydrogen) atoms. The molecule has 48 valence electrons. The molecule has 0 rings (SSSR count). The molecule has 0 unspecified atom stereocenters. The first-order chi connectivity index (χ1) is 3.77. The zero-order valence-electron chi connectivity index (χ0n) is 5.23. The van der Waals surface area contributed by atoms with Crippen molar-refractivity contribution in [2.24, 2.45) is 0 Å². The molecule has 0 saturated carbocycles. The number of thiocarbonyl (C=S) groups is 1. The summed E-state index contributed by atoms with van der Waals surface area (Å²) in [5.74, 6) is 1.09. The number of rotatable bonds is 3. The van der Waals surface area contributed by atoms with Crippen LogP contribution < -0.4 is 5.32 Å². The van der Waals surface area contributed by atoms with Gasteiger partial charge in [-0.25, -0.2) is 0 Å². The molecule has 0 heterocycles. The minimum atomic E-state index is 1.03. The second-order valence-corrected chi connectivity index (χ2v) is 3.62. The Morgan fingerprint density at radius 3 is 2.75 bits per heavy atom. The van der Waals surface area contributed by atoms with Crippen molar-refractivity contribution in [1.82, 2.24) is 5.32 Å². The van der Waals surface area contributed by atoms with Gasteiger partial charge in [-0.2, -0.15) is 0 Å². The van der Waals surface area contributed by atoms with E-state index in [0.717, 1.165) is 16.5 Å². The summed E-state index contributed by atoms with van der Waals surface area (Å²) >= 11 is 6.57. The van der Waals surface area contributed by atoms with E-state index in [-0.39, 0.29) is 0 Å². The van der Waals surface area contributed by atoms with Crippen LogP contribution in [0.2, 0.25) is 0 Å². The first-order valence-corrected chi connectivity index (χ1v) is 3.94. The van der Waals surface area contributed by atoms with E-state index < -0.39 is 0 Å². The molecule has 0 bridgehead atoms. The Bertz CT molecular complexity index is 72.8. The SMILES string of the molecule is CNCCSC(C)=S. The number of thioether (sulfide) groups is 1. The Morgan fingerprint density at radius 2 is 2.38 bits per heavy atom. The summed E-state index contributed by atoms with van der Waals surface area (Å²) in [6.07, 6.45) is 0. The van der Waals surface area contributed by atoms with Crippen LogP contribution in [-0.2, 0) is 0 Å². The van der Waals surface area contributed by atoms with Crippen LogP contribution in [0, 0.1) is 0 Å². The Kier molecular flexibility index (Phi) is 5.81. The Hall–Kier alpha value is 0.400. The Balaban J connectivity index is 2.82. The maximum atomic E-state index is 4.84. The first-order valence-electron chi connectivity index (χ1n) is 2.55. The van der Waals surface area contributed by atoms with Gasteiger partial charge in [0.05, 0.1) is 0 Å². The van der Waals surface area contributed by atoms with E-state index in [1.165, 1.54) is 0 Å². The summed E-state index contributed by atoms with van der Waals surface area (Å²) in [7, 11) is 1.94. The topological polar surface area (TPSA) is 12.0 Å². The summed E-state index contributed by atoms with van der Waals surface area (Å²) in [5, 5.41) is 3.04. The standard InChI is InChI=1S/C5H11NS2/c1-5(7)8-4-3-6-2/h6H,3-4H2,1-2H3. The largest absolute Gasteiger partial charge is 0.319 e. The molecule has 0 aliphatic rings. The van der Waals surface area contributed by atoms with Crippen molar-refractivity contribution in [3.8, 4) is 0 Å². The molecule has 3 heteroatoms. The van der Waals surface area contributed by atoms with Crippen LogP contribution in [0.5, 0.6) is 0 Å². The lowest BCUT2D eigenvalue weighted by molar-refractivity contribution is 0.873. The minimum absolute atomic E-state index is 1.03. The van der Waals surface area contributed by atoms with Gasteiger partial charge >= 0.3 is 0 Å². The highest BCUT2D eigenvalue weighted by molar-refractivity contribution is 8.23. The number of hydrogen-bond donors (Lipinski definition) is 1. The lowest BCUT2D eigenvalue weighted by atomic mass is 10.8. The van der Waals surface area contributed by atoms with Gasteiger partial charge in [0.1, 0.15) is 0 Å². The summed E-state index contributed by atoms with van der Waals surface area (Å²) in [6, 6.07) is 0. The van der Waals surface area contributed by atoms with E-state index in [4.69, 9.17) is 12.2 Å². The molecule has 0 atom stereocenters. The fourth-order valence-corrected chi connectivity index (χ4v) is 1.14. The average Bonchev–Trinajstić information content (AvgIpc) is 1.66. The van der Waals surface area contributed by atoms with Crippen LogP contribution in [0.4, 0.5) is 0 Å². The third-order valence-corrected chi connectivity index (χ3v) is 1.83. The summed E-state index contributed by atoms with van der Waals surface area (Å²) in [5.41, 5.74) is 0. The lowest BCUT2D eigenvalue weighted by Crippen LogP contribution is -2.10. The molecule has 0 aromatic rings. The van der Waals surface area contributed by atoms with Crippen LogP contribution in [0.1, 0.15) is 6.92 Å². The number of nitrogens with one attached hydrogen (secondary N) is 1. The first kappa shape index (κ1) is 8.40. The highest BCUT2D eigenvalue weighted by atomic mass is 32.2. The molecule has 0 radical (unpaired) electrons. The van der Waals surface area contributed by atoms with Gasteiger partial charge in [0, 0.05) is 16.5 Å². The fourth-order valence-electron chi connectivity index (χ4n) is 0.297. The van der Waals surface area contributed by atoms with Crippen molar-refractivity contribution in [1.29, 1.82) is 0 Å². The monoisotopic (exact) mass is 149 g/mol. The zero-order valence-corrected chi connectivity index (χ0v) is 6.86. The van der Waals surface area contributed by atoms with Gasteiger partial charge in [0.25, 0.3) is 0 Å². The third-order valence-electron chi connectivity index (χ3n) is 0.657. The Morgan fingerprint density at radius 1 is 1.75 bits per heavy atom. The number of hydrogen-bond acceptors (Lipinski definition) is 3. The molecular formula is C5H11NS2. The maximum Gasteiger partial charge on any atom is 0.0447 e. The normalized spacial score (nSPS) is 9.25. The Labute approximate surface area is 60.2 Å². The van der Waals surface area contributed by atoms with Gasteiger partial charge in [-0.1, -0.05) is 12.2 Å². The van der Waals surface area contributed by atoms with Crippen LogP contribution in [0.3, 0.4) is 0 Å². The summed E-state index contributed by atoms with van der Waals surface area (Å²) in [4.78, 5) is 0. The van der Waals surface area contributed by atoms with Crippen LogP contribution in [-0.4, -0.2) is 23.5 Å². The summed E-state index contributed by atoms with van der Waals surface area (Å²) < 4.78 is 1.03. The highest BCUT2D eigenvalue weighted by Crippen LogP contribution is 2.00. The van der Waals surface area contributed by atoms with Gasteiger partial charge in [-0.15, -0.1) is 11.8 Å². The lowest BCUT2D eigenvalue weighted by Gasteiger charge is -1.95. The molecule has 1 nitrogen and oxygen atoms in total. The van der Waals surface area contributed by atoms with Gasteiger partial charge in [-0.05, 0) is 14.0 Å². The van der Waals surface area contributed by atoms with Crippen molar-refractivity contribution in [2.75, 3.05) is 19.3 Å².